The van der Waals surface area contributed by atoms with Gasteiger partial charge in [0.25, 0.3) is 0 Å². The molecule has 1 N–H and O–H groups in total. The lowest BCUT2D eigenvalue weighted by atomic mass is 9.98. The molecular formula is C24H23NO2. The lowest BCUT2D eigenvalue weighted by molar-refractivity contribution is 0.139. The molecule has 3 aromatic carbocycles. The summed E-state index contributed by atoms with van der Waals surface area (Å²) in [5.41, 5.74) is 6.12. The molecule has 1 unspecified atom stereocenters. The molecule has 4 rings (SSSR count). The maximum absolute atomic E-state index is 12.3. The largest absolute Gasteiger partial charge is 0.449 e. The summed E-state index contributed by atoms with van der Waals surface area (Å²) < 4.78 is 5.60. The number of ether oxygens (including phenoxy) is 1. The first-order valence-corrected chi connectivity index (χ1v) is 9.38. The minimum Gasteiger partial charge on any atom is -0.449 e. The van der Waals surface area contributed by atoms with Crippen LogP contribution in [0.2, 0.25) is 0 Å². The summed E-state index contributed by atoms with van der Waals surface area (Å²) in [6, 6.07) is 26.9. The topological polar surface area (TPSA) is 38.3 Å². The van der Waals surface area contributed by atoms with Gasteiger partial charge in [-0.05, 0) is 41.2 Å². The quantitative estimate of drug-likeness (QED) is 0.685. The number of carbonyl (C=O) groups excluding carboxylic acids is 1. The van der Waals surface area contributed by atoms with Crippen LogP contribution in [0, 0.1) is 0 Å². The first kappa shape index (κ1) is 17.3. The van der Waals surface area contributed by atoms with Gasteiger partial charge >= 0.3 is 6.09 Å². The SMILES string of the molecule is CC(Cc1ccccc1)NC(=O)OCC1c2ccccc2-c2ccccc21. The second-order valence-corrected chi connectivity index (χ2v) is 7.06. The van der Waals surface area contributed by atoms with Gasteiger partial charge in [-0.25, -0.2) is 4.79 Å². The van der Waals surface area contributed by atoms with Crippen LogP contribution in [0.5, 0.6) is 0 Å². The van der Waals surface area contributed by atoms with E-state index in [0.717, 1.165) is 6.42 Å². The van der Waals surface area contributed by atoms with E-state index in [1.807, 2.05) is 37.3 Å². The molecule has 0 saturated carbocycles. The second kappa shape index (κ2) is 7.67. The van der Waals surface area contributed by atoms with Crippen LogP contribution in [0.1, 0.15) is 29.5 Å². The summed E-state index contributed by atoms with van der Waals surface area (Å²) in [4.78, 5) is 12.3. The van der Waals surface area contributed by atoms with Crippen LogP contribution in [0.3, 0.4) is 0 Å². The maximum Gasteiger partial charge on any atom is 0.407 e. The van der Waals surface area contributed by atoms with Crippen LogP contribution in [0.15, 0.2) is 78.9 Å². The molecule has 0 spiro atoms. The number of hydrogen-bond acceptors (Lipinski definition) is 2. The molecule has 1 amide bonds. The van der Waals surface area contributed by atoms with Crippen LogP contribution in [0.25, 0.3) is 11.1 Å². The van der Waals surface area contributed by atoms with Crippen molar-refractivity contribution >= 4 is 6.09 Å². The molecule has 27 heavy (non-hydrogen) atoms. The van der Waals surface area contributed by atoms with Crippen molar-refractivity contribution < 1.29 is 9.53 Å². The van der Waals surface area contributed by atoms with E-state index in [2.05, 4.69) is 53.8 Å². The molecule has 0 aromatic heterocycles. The summed E-state index contributed by atoms with van der Waals surface area (Å²) in [7, 11) is 0. The Morgan fingerprint density at radius 1 is 0.889 bits per heavy atom. The number of amides is 1. The first-order chi connectivity index (χ1) is 13.2. The third-order valence-corrected chi connectivity index (χ3v) is 5.09. The van der Waals surface area contributed by atoms with Crippen LogP contribution >= 0.6 is 0 Å². The molecular weight excluding hydrogens is 334 g/mol. The fourth-order valence-corrected chi connectivity index (χ4v) is 3.86. The highest BCUT2D eigenvalue weighted by Gasteiger charge is 2.29. The Labute approximate surface area is 160 Å². The molecule has 0 heterocycles. The summed E-state index contributed by atoms with van der Waals surface area (Å²) in [6.07, 6.45) is 0.422. The van der Waals surface area contributed by atoms with Gasteiger partial charge in [-0.3, -0.25) is 0 Å². The van der Waals surface area contributed by atoms with E-state index in [0.29, 0.717) is 6.61 Å². The summed E-state index contributed by atoms with van der Waals surface area (Å²) >= 11 is 0. The molecule has 136 valence electrons. The zero-order valence-corrected chi connectivity index (χ0v) is 15.4. The number of hydrogen-bond donors (Lipinski definition) is 1. The van der Waals surface area contributed by atoms with Gasteiger partial charge in [-0.15, -0.1) is 0 Å². The summed E-state index contributed by atoms with van der Waals surface area (Å²) in [5.74, 6) is 0.0904. The van der Waals surface area contributed by atoms with E-state index in [1.54, 1.807) is 0 Å². The normalized spacial score (nSPS) is 13.5. The minimum atomic E-state index is -0.361. The molecule has 0 radical (unpaired) electrons. The standard InChI is InChI=1S/C24H23NO2/c1-17(15-18-9-3-2-4-10-18)25-24(26)27-16-23-21-13-7-5-11-19(21)20-12-6-8-14-22(20)23/h2-14,17,23H,15-16H2,1H3,(H,25,26). The summed E-state index contributed by atoms with van der Waals surface area (Å²) in [5, 5.41) is 2.94. The fourth-order valence-electron chi connectivity index (χ4n) is 3.86. The monoisotopic (exact) mass is 357 g/mol. The molecule has 1 aliphatic rings. The van der Waals surface area contributed by atoms with Gasteiger partial charge in [0.2, 0.25) is 0 Å². The average molecular weight is 357 g/mol. The molecule has 0 fully saturated rings. The molecule has 0 saturated heterocycles. The van der Waals surface area contributed by atoms with Crippen LogP contribution in [-0.2, 0) is 11.2 Å². The lowest BCUT2D eigenvalue weighted by Crippen LogP contribution is -2.35. The number of rotatable bonds is 5. The molecule has 1 aliphatic carbocycles. The Bertz CT molecular complexity index is 890. The maximum atomic E-state index is 12.3. The van der Waals surface area contributed by atoms with E-state index < -0.39 is 0 Å². The number of benzene rings is 3. The van der Waals surface area contributed by atoms with Crippen molar-refractivity contribution in [3.8, 4) is 11.1 Å². The van der Waals surface area contributed by atoms with Gasteiger partial charge in [0.15, 0.2) is 0 Å². The van der Waals surface area contributed by atoms with Crippen molar-refractivity contribution in [1.82, 2.24) is 5.32 Å². The zero-order chi connectivity index (χ0) is 18.6. The molecule has 3 nitrogen and oxygen atoms in total. The smallest absolute Gasteiger partial charge is 0.407 e. The van der Waals surface area contributed by atoms with Gasteiger partial charge in [-0.2, -0.15) is 0 Å². The number of nitrogens with one attached hydrogen (secondary N) is 1. The van der Waals surface area contributed by atoms with E-state index in [-0.39, 0.29) is 18.1 Å². The predicted octanol–water partition coefficient (Wildman–Crippen LogP) is 5.16. The van der Waals surface area contributed by atoms with E-state index in [9.17, 15) is 4.79 Å². The van der Waals surface area contributed by atoms with E-state index in [4.69, 9.17) is 4.74 Å². The predicted molar refractivity (Wildman–Crippen MR) is 108 cm³/mol. The molecule has 0 bridgehead atoms. The Kier molecular flexibility index (Phi) is 4.93. The van der Waals surface area contributed by atoms with Crippen LogP contribution in [0.4, 0.5) is 4.79 Å². The Morgan fingerprint density at radius 2 is 1.44 bits per heavy atom. The third kappa shape index (κ3) is 3.72. The third-order valence-electron chi connectivity index (χ3n) is 5.09. The van der Waals surface area contributed by atoms with Gasteiger partial charge in [0.05, 0.1) is 0 Å². The first-order valence-electron chi connectivity index (χ1n) is 9.38. The van der Waals surface area contributed by atoms with Gasteiger partial charge < -0.3 is 10.1 Å². The zero-order valence-electron chi connectivity index (χ0n) is 15.4. The van der Waals surface area contributed by atoms with Gasteiger partial charge in [-0.1, -0.05) is 78.9 Å². The lowest BCUT2D eigenvalue weighted by Gasteiger charge is -2.17. The van der Waals surface area contributed by atoms with Crippen molar-refractivity contribution in [2.45, 2.75) is 25.3 Å². The number of carbonyl (C=O) groups is 1. The minimum absolute atomic E-state index is 0.0167. The summed E-state index contributed by atoms with van der Waals surface area (Å²) in [6.45, 7) is 2.34. The second-order valence-electron chi connectivity index (χ2n) is 7.06. The highest BCUT2D eigenvalue weighted by Crippen LogP contribution is 2.44. The Morgan fingerprint density at radius 3 is 2.07 bits per heavy atom. The van der Waals surface area contributed by atoms with Crippen molar-refractivity contribution in [2.75, 3.05) is 6.61 Å². The molecule has 3 heteroatoms. The van der Waals surface area contributed by atoms with E-state index >= 15 is 0 Å². The average Bonchev–Trinajstić information content (AvgIpc) is 3.01. The van der Waals surface area contributed by atoms with Crippen molar-refractivity contribution in [3.05, 3.63) is 95.6 Å². The van der Waals surface area contributed by atoms with Gasteiger partial charge in [0.1, 0.15) is 6.61 Å². The van der Waals surface area contributed by atoms with Crippen molar-refractivity contribution in [1.29, 1.82) is 0 Å². The van der Waals surface area contributed by atoms with Crippen LogP contribution in [-0.4, -0.2) is 18.7 Å². The highest BCUT2D eigenvalue weighted by molar-refractivity contribution is 5.79. The van der Waals surface area contributed by atoms with Gasteiger partial charge in [0, 0.05) is 12.0 Å². The molecule has 1 atom stereocenters. The van der Waals surface area contributed by atoms with Crippen molar-refractivity contribution in [2.24, 2.45) is 0 Å². The van der Waals surface area contributed by atoms with Crippen LogP contribution < -0.4 is 5.32 Å². The Hall–Kier alpha value is -3.07. The fraction of sp³-hybridized carbons (Fsp3) is 0.208. The Balaban J connectivity index is 1.39. The number of alkyl carbamates (subject to hydrolysis) is 1. The molecule has 3 aromatic rings. The highest BCUT2D eigenvalue weighted by atomic mass is 16.5. The molecule has 0 aliphatic heterocycles. The number of fused-ring (bicyclic) bond motifs is 3. The van der Waals surface area contributed by atoms with Crippen molar-refractivity contribution in [3.63, 3.8) is 0 Å². The van der Waals surface area contributed by atoms with E-state index in [1.165, 1.54) is 27.8 Å².